The number of hydrogen-bond donors (Lipinski definition) is 0. The number of ether oxygens (including phenoxy) is 2. The number of methoxy groups -OCH3 is 1. The van der Waals surface area contributed by atoms with E-state index in [2.05, 4.69) is 0 Å². The minimum absolute atomic E-state index is 0.236. The fourth-order valence-electron chi connectivity index (χ4n) is 3.35. The quantitative estimate of drug-likeness (QED) is 0.363. The zero-order valence-corrected chi connectivity index (χ0v) is 19.8. The molecule has 4 rings (SSSR count). The van der Waals surface area contributed by atoms with Gasteiger partial charge in [-0.1, -0.05) is 65.7 Å². The lowest BCUT2D eigenvalue weighted by Crippen LogP contribution is -2.27. The van der Waals surface area contributed by atoms with Crippen LogP contribution in [0.25, 0.3) is 6.08 Å². The SMILES string of the molecule is COc1cccc(/C=C2/SC(=O)N(Cc3ccc(C)cc3)C2=O)c1OCc1ccc(Cl)cc1. The van der Waals surface area contributed by atoms with Crippen molar-refractivity contribution < 1.29 is 19.1 Å². The average Bonchev–Trinajstić information content (AvgIpc) is 3.07. The molecule has 0 N–H and O–H groups in total. The lowest BCUT2D eigenvalue weighted by atomic mass is 10.1. The molecule has 0 radical (unpaired) electrons. The molecule has 0 bridgehead atoms. The molecule has 33 heavy (non-hydrogen) atoms. The summed E-state index contributed by atoms with van der Waals surface area (Å²) >= 11 is 6.88. The van der Waals surface area contributed by atoms with Crippen molar-refractivity contribution in [2.24, 2.45) is 0 Å². The number of benzene rings is 3. The number of carbonyl (C=O) groups excluding carboxylic acids is 2. The van der Waals surface area contributed by atoms with Crippen LogP contribution in [0.4, 0.5) is 4.79 Å². The molecule has 1 aliphatic rings. The van der Waals surface area contributed by atoms with Gasteiger partial charge >= 0.3 is 0 Å². The van der Waals surface area contributed by atoms with E-state index in [0.717, 1.165) is 28.5 Å². The van der Waals surface area contributed by atoms with E-state index in [0.29, 0.717) is 33.6 Å². The Morgan fingerprint density at radius 1 is 0.970 bits per heavy atom. The van der Waals surface area contributed by atoms with Crippen LogP contribution in [0.5, 0.6) is 11.5 Å². The van der Waals surface area contributed by atoms with E-state index in [1.165, 1.54) is 4.90 Å². The zero-order chi connectivity index (χ0) is 23.4. The molecule has 0 spiro atoms. The van der Waals surface area contributed by atoms with Crippen LogP contribution in [0, 0.1) is 6.92 Å². The Labute approximate surface area is 202 Å². The predicted octanol–water partition coefficient (Wildman–Crippen LogP) is 6.47. The molecule has 0 aliphatic carbocycles. The van der Waals surface area contributed by atoms with Gasteiger partial charge < -0.3 is 9.47 Å². The highest BCUT2D eigenvalue weighted by atomic mass is 35.5. The molecular formula is C26H22ClNO4S. The molecule has 0 saturated carbocycles. The topological polar surface area (TPSA) is 55.8 Å². The second-order valence-corrected chi connectivity index (χ2v) is 8.98. The number of para-hydroxylation sites is 1. The van der Waals surface area contributed by atoms with Crippen molar-refractivity contribution >= 4 is 40.6 Å². The van der Waals surface area contributed by atoms with Gasteiger partial charge in [0.1, 0.15) is 6.61 Å². The summed E-state index contributed by atoms with van der Waals surface area (Å²) in [6.45, 7) is 2.53. The number of rotatable bonds is 7. The summed E-state index contributed by atoms with van der Waals surface area (Å²) in [5.41, 5.74) is 3.62. The van der Waals surface area contributed by atoms with Gasteiger partial charge in [0.2, 0.25) is 0 Å². The van der Waals surface area contributed by atoms with Crippen LogP contribution < -0.4 is 9.47 Å². The fraction of sp³-hybridized carbons (Fsp3) is 0.154. The van der Waals surface area contributed by atoms with Gasteiger partial charge in [-0.05, 0) is 54.1 Å². The van der Waals surface area contributed by atoms with Crippen molar-refractivity contribution in [3.63, 3.8) is 0 Å². The van der Waals surface area contributed by atoms with Gasteiger partial charge in [0.15, 0.2) is 11.5 Å². The molecule has 0 aromatic heterocycles. The van der Waals surface area contributed by atoms with E-state index >= 15 is 0 Å². The number of halogens is 1. The monoisotopic (exact) mass is 479 g/mol. The molecule has 1 aliphatic heterocycles. The lowest BCUT2D eigenvalue weighted by molar-refractivity contribution is -0.123. The third-order valence-electron chi connectivity index (χ3n) is 5.15. The number of nitrogens with zero attached hydrogens (tertiary/aromatic N) is 1. The van der Waals surface area contributed by atoms with E-state index in [-0.39, 0.29) is 17.7 Å². The highest BCUT2D eigenvalue weighted by Crippen LogP contribution is 2.38. The van der Waals surface area contributed by atoms with Crippen molar-refractivity contribution in [1.82, 2.24) is 4.90 Å². The summed E-state index contributed by atoms with van der Waals surface area (Å²) in [7, 11) is 1.56. The van der Waals surface area contributed by atoms with Gasteiger partial charge in [-0.25, -0.2) is 0 Å². The first-order valence-electron chi connectivity index (χ1n) is 10.3. The van der Waals surface area contributed by atoms with Crippen LogP contribution in [0.1, 0.15) is 22.3 Å². The summed E-state index contributed by atoms with van der Waals surface area (Å²) < 4.78 is 11.5. The Bertz CT molecular complexity index is 1210. The van der Waals surface area contributed by atoms with Crippen molar-refractivity contribution in [1.29, 1.82) is 0 Å². The summed E-state index contributed by atoms with van der Waals surface area (Å²) in [6, 6.07) is 20.6. The third kappa shape index (κ3) is 5.41. The van der Waals surface area contributed by atoms with Crippen LogP contribution >= 0.6 is 23.4 Å². The fourth-order valence-corrected chi connectivity index (χ4v) is 4.31. The first-order valence-corrected chi connectivity index (χ1v) is 11.5. The molecule has 168 valence electrons. The average molecular weight is 480 g/mol. The van der Waals surface area contributed by atoms with Gasteiger partial charge in [0.05, 0.1) is 18.6 Å². The maximum Gasteiger partial charge on any atom is 0.293 e. The molecule has 3 aromatic rings. The third-order valence-corrected chi connectivity index (χ3v) is 6.31. The van der Waals surface area contributed by atoms with E-state index in [1.807, 2.05) is 55.5 Å². The van der Waals surface area contributed by atoms with Gasteiger partial charge in [0.25, 0.3) is 11.1 Å². The first kappa shape index (κ1) is 23.0. The molecule has 7 heteroatoms. The Morgan fingerprint density at radius 2 is 1.67 bits per heavy atom. The molecule has 1 heterocycles. The number of imide groups is 1. The number of carbonyl (C=O) groups is 2. The maximum atomic E-state index is 13.0. The molecule has 5 nitrogen and oxygen atoms in total. The second kappa shape index (κ2) is 10.1. The summed E-state index contributed by atoms with van der Waals surface area (Å²) in [5.74, 6) is 0.717. The normalized spacial score (nSPS) is 14.8. The van der Waals surface area contributed by atoms with E-state index in [9.17, 15) is 9.59 Å². The second-order valence-electron chi connectivity index (χ2n) is 7.55. The molecule has 3 aromatic carbocycles. The summed E-state index contributed by atoms with van der Waals surface area (Å²) in [6.07, 6.45) is 1.68. The van der Waals surface area contributed by atoms with Crippen molar-refractivity contribution in [2.45, 2.75) is 20.1 Å². The van der Waals surface area contributed by atoms with E-state index in [4.69, 9.17) is 21.1 Å². The van der Waals surface area contributed by atoms with Crippen LogP contribution in [0.15, 0.2) is 71.6 Å². The van der Waals surface area contributed by atoms with E-state index < -0.39 is 0 Å². The van der Waals surface area contributed by atoms with Gasteiger partial charge in [-0.3, -0.25) is 14.5 Å². The largest absolute Gasteiger partial charge is 0.493 e. The predicted molar refractivity (Wildman–Crippen MR) is 131 cm³/mol. The number of hydrogen-bond acceptors (Lipinski definition) is 5. The van der Waals surface area contributed by atoms with Crippen LogP contribution in [-0.2, 0) is 17.9 Å². The Kier molecular flexibility index (Phi) is 7.06. The number of aryl methyl sites for hydroxylation is 1. The number of amides is 2. The minimum atomic E-state index is -0.322. The highest BCUT2D eigenvalue weighted by Gasteiger charge is 2.35. The van der Waals surface area contributed by atoms with E-state index in [1.54, 1.807) is 31.4 Å². The molecular weight excluding hydrogens is 458 g/mol. The van der Waals surface area contributed by atoms with Gasteiger partial charge in [-0.2, -0.15) is 0 Å². The molecule has 2 amide bonds. The van der Waals surface area contributed by atoms with Crippen LogP contribution in [0.2, 0.25) is 5.02 Å². The molecule has 1 saturated heterocycles. The maximum absolute atomic E-state index is 13.0. The van der Waals surface area contributed by atoms with Gasteiger partial charge in [-0.15, -0.1) is 0 Å². The van der Waals surface area contributed by atoms with Crippen molar-refractivity contribution in [3.05, 3.63) is 98.9 Å². The minimum Gasteiger partial charge on any atom is -0.493 e. The molecule has 0 unspecified atom stereocenters. The number of thioether (sulfide) groups is 1. The molecule has 0 atom stereocenters. The molecule has 1 fully saturated rings. The summed E-state index contributed by atoms with van der Waals surface area (Å²) in [4.78, 5) is 27.2. The lowest BCUT2D eigenvalue weighted by Gasteiger charge is -2.14. The van der Waals surface area contributed by atoms with Crippen molar-refractivity contribution in [2.75, 3.05) is 7.11 Å². The van der Waals surface area contributed by atoms with Crippen molar-refractivity contribution in [3.8, 4) is 11.5 Å². The van der Waals surface area contributed by atoms with Crippen LogP contribution in [-0.4, -0.2) is 23.2 Å². The summed E-state index contributed by atoms with van der Waals surface area (Å²) in [5, 5.41) is 0.358. The highest BCUT2D eigenvalue weighted by molar-refractivity contribution is 8.18. The van der Waals surface area contributed by atoms with Crippen LogP contribution in [0.3, 0.4) is 0 Å². The Balaban J connectivity index is 1.57. The van der Waals surface area contributed by atoms with Gasteiger partial charge in [0, 0.05) is 10.6 Å². The Morgan fingerprint density at radius 3 is 2.36 bits per heavy atom. The standard InChI is InChI=1S/C26H22ClNO4S/c1-17-6-8-18(9-7-17)15-28-25(29)23(33-26(28)30)14-20-4-3-5-22(31-2)24(20)32-16-19-10-12-21(27)13-11-19/h3-14H,15-16H2,1-2H3/b23-14+. The zero-order valence-electron chi connectivity index (χ0n) is 18.2. The first-order chi connectivity index (χ1) is 15.9. The Hall–Kier alpha value is -3.22. The smallest absolute Gasteiger partial charge is 0.293 e.